The lowest BCUT2D eigenvalue weighted by Crippen LogP contribution is -2.19. The molecule has 0 saturated heterocycles. The molecule has 5 nitrogen and oxygen atoms in total. The van der Waals surface area contributed by atoms with Crippen molar-refractivity contribution >= 4 is 0 Å². The van der Waals surface area contributed by atoms with E-state index >= 15 is 0 Å². The fourth-order valence-electron chi connectivity index (χ4n) is 1.82. The molecule has 108 valence electrons. The van der Waals surface area contributed by atoms with Crippen LogP contribution in [-0.2, 0) is 6.54 Å². The largest absolute Gasteiger partial charge is 0.312 e. The van der Waals surface area contributed by atoms with Crippen LogP contribution in [0.3, 0.4) is 0 Å². The summed E-state index contributed by atoms with van der Waals surface area (Å²) in [5.41, 5.74) is 2.14. The first-order chi connectivity index (χ1) is 9.56. The van der Waals surface area contributed by atoms with Gasteiger partial charge >= 0.3 is 0 Å². The van der Waals surface area contributed by atoms with Crippen LogP contribution in [0.2, 0.25) is 0 Å². The van der Waals surface area contributed by atoms with E-state index in [9.17, 15) is 0 Å². The molecule has 0 unspecified atom stereocenters. The lowest BCUT2D eigenvalue weighted by molar-refractivity contribution is 0.551. The number of aromatic nitrogens is 4. The maximum absolute atomic E-state index is 4.47. The minimum absolute atomic E-state index is 0.413. The second kappa shape index (κ2) is 6.61. The van der Waals surface area contributed by atoms with Crippen molar-refractivity contribution in [2.45, 2.75) is 40.2 Å². The first-order valence-corrected chi connectivity index (χ1v) is 7.14. The summed E-state index contributed by atoms with van der Waals surface area (Å²) in [5, 5.41) is 7.85. The molecular weight excluding hydrogens is 250 g/mol. The highest BCUT2D eigenvalue weighted by molar-refractivity contribution is 5.16. The van der Waals surface area contributed by atoms with Crippen LogP contribution < -0.4 is 5.32 Å². The number of hydrogen-bond donors (Lipinski definition) is 1. The smallest absolute Gasteiger partial charge is 0.250 e. The van der Waals surface area contributed by atoms with Crippen LogP contribution in [-0.4, -0.2) is 26.3 Å². The third-order valence-electron chi connectivity index (χ3n) is 2.98. The average Bonchev–Trinajstić information content (AvgIpc) is 2.89. The minimum atomic E-state index is 0.413. The molecule has 0 bridgehead atoms. The first-order valence-electron chi connectivity index (χ1n) is 7.14. The number of nitrogens with zero attached hydrogens (tertiary/aromatic N) is 4. The van der Waals surface area contributed by atoms with Gasteiger partial charge in [0, 0.05) is 30.7 Å². The zero-order valence-electron chi connectivity index (χ0n) is 12.7. The molecule has 0 aliphatic rings. The first kappa shape index (κ1) is 14.7. The summed E-state index contributed by atoms with van der Waals surface area (Å²) in [6, 6.07) is 2.01. The van der Waals surface area contributed by atoms with Crippen molar-refractivity contribution in [1.29, 1.82) is 0 Å². The van der Waals surface area contributed by atoms with E-state index in [2.05, 4.69) is 48.1 Å². The number of hydrogen-bond acceptors (Lipinski definition) is 4. The highest BCUT2D eigenvalue weighted by atomic mass is 15.3. The van der Waals surface area contributed by atoms with Gasteiger partial charge in [0.05, 0.1) is 5.69 Å². The highest BCUT2D eigenvalue weighted by Gasteiger charge is 2.06. The standard InChI is InChI=1S/C15H23N5/c1-11(2)7-16-8-13-9-17-15(18-10-13)20-6-5-14(19-20)12(3)4/h5-6,9-12,16H,7-8H2,1-4H3. The summed E-state index contributed by atoms with van der Waals surface area (Å²) < 4.78 is 1.72. The summed E-state index contributed by atoms with van der Waals surface area (Å²) in [5.74, 6) is 1.67. The van der Waals surface area contributed by atoms with Crippen LogP contribution in [0.5, 0.6) is 0 Å². The Hall–Kier alpha value is -1.75. The second-order valence-corrected chi connectivity index (χ2v) is 5.76. The van der Waals surface area contributed by atoms with Crippen LogP contribution in [0.25, 0.3) is 5.95 Å². The summed E-state index contributed by atoms with van der Waals surface area (Å²) in [6.07, 6.45) is 5.61. The Balaban J connectivity index is 2.00. The molecule has 2 rings (SSSR count). The van der Waals surface area contributed by atoms with E-state index in [1.165, 1.54) is 0 Å². The maximum atomic E-state index is 4.47. The Morgan fingerprint density at radius 3 is 2.40 bits per heavy atom. The Labute approximate surface area is 120 Å². The van der Waals surface area contributed by atoms with E-state index < -0.39 is 0 Å². The van der Waals surface area contributed by atoms with Gasteiger partial charge < -0.3 is 5.32 Å². The molecule has 0 aromatic carbocycles. The summed E-state index contributed by atoms with van der Waals surface area (Å²) >= 11 is 0. The molecule has 2 aromatic heterocycles. The molecule has 1 N–H and O–H groups in total. The summed E-state index contributed by atoms with van der Waals surface area (Å²) in [4.78, 5) is 8.74. The van der Waals surface area contributed by atoms with Crippen molar-refractivity contribution in [3.63, 3.8) is 0 Å². The lowest BCUT2D eigenvalue weighted by atomic mass is 10.1. The molecule has 0 aliphatic heterocycles. The fraction of sp³-hybridized carbons (Fsp3) is 0.533. The topological polar surface area (TPSA) is 55.6 Å². The van der Waals surface area contributed by atoms with E-state index in [4.69, 9.17) is 0 Å². The van der Waals surface area contributed by atoms with Gasteiger partial charge in [0.15, 0.2) is 0 Å². The van der Waals surface area contributed by atoms with Gasteiger partial charge in [-0.2, -0.15) is 5.10 Å². The molecule has 2 heterocycles. The molecule has 0 amide bonds. The fourth-order valence-corrected chi connectivity index (χ4v) is 1.82. The van der Waals surface area contributed by atoms with Gasteiger partial charge in [0.25, 0.3) is 0 Å². The van der Waals surface area contributed by atoms with Crippen LogP contribution in [0, 0.1) is 5.92 Å². The van der Waals surface area contributed by atoms with Crippen molar-refractivity contribution < 1.29 is 0 Å². The van der Waals surface area contributed by atoms with Gasteiger partial charge in [-0.25, -0.2) is 14.6 Å². The van der Waals surface area contributed by atoms with Crippen LogP contribution in [0.1, 0.15) is 44.9 Å². The summed E-state index contributed by atoms with van der Waals surface area (Å²) in [6.45, 7) is 10.4. The number of nitrogens with one attached hydrogen (secondary N) is 1. The zero-order chi connectivity index (χ0) is 14.5. The second-order valence-electron chi connectivity index (χ2n) is 5.76. The molecule has 2 aromatic rings. The van der Waals surface area contributed by atoms with Gasteiger partial charge in [-0.1, -0.05) is 27.7 Å². The van der Waals surface area contributed by atoms with E-state index in [1.807, 2.05) is 24.7 Å². The number of rotatable bonds is 6. The molecule has 0 spiro atoms. The Bertz CT molecular complexity index is 527. The minimum Gasteiger partial charge on any atom is -0.312 e. The predicted molar refractivity (Wildman–Crippen MR) is 79.8 cm³/mol. The van der Waals surface area contributed by atoms with E-state index in [0.29, 0.717) is 17.8 Å². The van der Waals surface area contributed by atoms with E-state index in [0.717, 1.165) is 24.3 Å². The molecular formula is C15H23N5. The van der Waals surface area contributed by atoms with Crippen molar-refractivity contribution in [2.24, 2.45) is 5.92 Å². The molecule has 20 heavy (non-hydrogen) atoms. The molecule has 0 saturated carbocycles. The van der Waals surface area contributed by atoms with Gasteiger partial charge in [-0.05, 0) is 24.4 Å². The van der Waals surface area contributed by atoms with Gasteiger partial charge in [-0.15, -0.1) is 0 Å². The molecule has 0 radical (unpaired) electrons. The van der Waals surface area contributed by atoms with Crippen molar-refractivity contribution in [2.75, 3.05) is 6.54 Å². The van der Waals surface area contributed by atoms with Crippen LogP contribution >= 0.6 is 0 Å². The molecule has 0 atom stereocenters. The van der Waals surface area contributed by atoms with Crippen LogP contribution in [0.4, 0.5) is 0 Å². The van der Waals surface area contributed by atoms with Crippen molar-refractivity contribution in [3.8, 4) is 5.95 Å². The average molecular weight is 273 g/mol. The highest BCUT2D eigenvalue weighted by Crippen LogP contribution is 2.12. The zero-order valence-corrected chi connectivity index (χ0v) is 12.7. The lowest BCUT2D eigenvalue weighted by Gasteiger charge is -2.07. The Morgan fingerprint density at radius 1 is 1.15 bits per heavy atom. The van der Waals surface area contributed by atoms with Gasteiger partial charge in [-0.3, -0.25) is 0 Å². The monoisotopic (exact) mass is 273 g/mol. The van der Waals surface area contributed by atoms with E-state index in [1.54, 1.807) is 4.68 Å². The molecule has 0 aliphatic carbocycles. The normalized spacial score (nSPS) is 11.5. The third kappa shape index (κ3) is 3.87. The van der Waals surface area contributed by atoms with Gasteiger partial charge in [0.2, 0.25) is 5.95 Å². The molecule has 0 fully saturated rings. The van der Waals surface area contributed by atoms with E-state index in [-0.39, 0.29) is 0 Å². The predicted octanol–water partition coefficient (Wildman–Crippen LogP) is 2.53. The maximum Gasteiger partial charge on any atom is 0.250 e. The molecule has 5 heteroatoms. The van der Waals surface area contributed by atoms with Crippen molar-refractivity contribution in [3.05, 3.63) is 35.9 Å². The van der Waals surface area contributed by atoms with Gasteiger partial charge in [0.1, 0.15) is 0 Å². The Morgan fingerprint density at radius 2 is 1.85 bits per heavy atom. The SMILES string of the molecule is CC(C)CNCc1cnc(-n2ccc(C(C)C)n2)nc1. The van der Waals surface area contributed by atoms with Crippen LogP contribution in [0.15, 0.2) is 24.7 Å². The van der Waals surface area contributed by atoms with Crippen molar-refractivity contribution in [1.82, 2.24) is 25.1 Å². The third-order valence-corrected chi connectivity index (χ3v) is 2.98. The Kier molecular flexibility index (Phi) is 4.84. The quantitative estimate of drug-likeness (QED) is 0.878. The summed E-state index contributed by atoms with van der Waals surface area (Å²) in [7, 11) is 0.